The van der Waals surface area contributed by atoms with Crippen LogP contribution in [0.25, 0.3) is 0 Å². The molecule has 0 aliphatic heterocycles. The maximum atomic E-state index is 14.3. The van der Waals surface area contributed by atoms with E-state index in [1.807, 2.05) is 18.2 Å². The van der Waals surface area contributed by atoms with Crippen molar-refractivity contribution in [2.75, 3.05) is 11.5 Å². The van der Waals surface area contributed by atoms with Gasteiger partial charge in [0.15, 0.2) is 0 Å². The third-order valence-corrected chi connectivity index (χ3v) is 4.72. The fourth-order valence-electron chi connectivity index (χ4n) is 3.17. The predicted molar refractivity (Wildman–Crippen MR) is 107 cm³/mol. The van der Waals surface area contributed by atoms with Gasteiger partial charge in [0.05, 0.1) is 12.5 Å². The summed E-state index contributed by atoms with van der Waals surface area (Å²) in [6.07, 6.45) is 0.0925. The Kier molecular flexibility index (Phi) is 6.06. The van der Waals surface area contributed by atoms with Crippen molar-refractivity contribution in [2.45, 2.75) is 13.3 Å². The highest BCUT2D eigenvalue weighted by Crippen LogP contribution is 2.30. The second-order valence-electron chi connectivity index (χ2n) is 6.64. The van der Waals surface area contributed by atoms with E-state index < -0.39 is 12.5 Å². The lowest BCUT2D eigenvalue weighted by Gasteiger charge is -2.27. The molecule has 0 saturated carbocycles. The number of benzene rings is 3. The third-order valence-electron chi connectivity index (χ3n) is 4.72. The molecular weight excluding hydrogens is 357 g/mol. The first-order valence-corrected chi connectivity index (χ1v) is 9.04. The van der Waals surface area contributed by atoms with Gasteiger partial charge >= 0.3 is 0 Å². The first-order chi connectivity index (χ1) is 13.5. The fraction of sp³-hybridized carbons (Fsp3) is 0.174. The zero-order chi connectivity index (χ0) is 20.1. The Morgan fingerprint density at radius 3 is 2.21 bits per heavy atom. The van der Waals surface area contributed by atoms with Gasteiger partial charge in [0.25, 0.3) is 0 Å². The van der Waals surface area contributed by atoms with E-state index in [4.69, 9.17) is 0 Å². The van der Waals surface area contributed by atoms with Crippen molar-refractivity contribution in [3.8, 4) is 5.75 Å². The largest absolute Gasteiger partial charge is 0.508 e. The quantitative estimate of drug-likeness (QED) is 0.669. The lowest BCUT2D eigenvalue weighted by Crippen LogP contribution is -2.35. The van der Waals surface area contributed by atoms with E-state index in [2.05, 4.69) is 0 Å². The maximum absolute atomic E-state index is 14.3. The van der Waals surface area contributed by atoms with Crippen LogP contribution in [0.3, 0.4) is 0 Å². The topological polar surface area (TPSA) is 60.8 Å². The van der Waals surface area contributed by atoms with Crippen LogP contribution in [-0.2, 0) is 11.2 Å². The molecule has 0 aliphatic rings. The number of carbonyl (C=O) groups excluding carboxylic acids is 1. The predicted octanol–water partition coefficient (Wildman–Crippen LogP) is 4.36. The minimum absolute atomic E-state index is 0.0879. The molecule has 0 saturated heterocycles. The summed E-state index contributed by atoms with van der Waals surface area (Å²) in [4.78, 5) is 14.9. The number of hydrogen-bond donors (Lipinski definition) is 2. The first-order valence-electron chi connectivity index (χ1n) is 9.04. The molecule has 3 rings (SSSR count). The van der Waals surface area contributed by atoms with E-state index in [1.165, 1.54) is 23.1 Å². The summed E-state index contributed by atoms with van der Waals surface area (Å²) in [5, 5.41) is 19.5. The number of aliphatic hydroxyl groups is 1. The van der Waals surface area contributed by atoms with E-state index in [9.17, 15) is 19.4 Å². The number of para-hydroxylation sites is 1. The van der Waals surface area contributed by atoms with Gasteiger partial charge < -0.3 is 10.2 Å². The Labute approximate surface area is 163 Å². The van der Waals surface area contributed by atoms with E-state index in [0.29, 0.717) is 16.9 Å². The molecule has 4 nitrogen and oxygen atoms in total. The molecule has 28 heavy (non-hydrogen) atoms. The van der Waals surface area contributed by atoms with Gasteiger partial charge in [0.1, 0.15) is 11.6 Å². The first kappa shape index (κ1) is 19.6. The van der Waals surface area contributed by atoms with Crippen molar-refractivity contribution in [2.24, 2.45) is 5.92 Å². The number of aromatic hydroxyl groups is 1. The van der Waals surface area contributed by atoms with Crippen LogP contribution in [0.1, 0.15) is 11.1 Å². The summed E-state index contributed by atoms with van der Waals surface area (Å²) in [6.45, 7) is 1.38. The Bertz CT molecular complexity index is 922. The molecule has 0 heterocycles. The molecule has 0 aliphatic carbocycles. The molecular formula is C23H22FNO3. The van der Waals surface area contributed by atoms with Crippen LogP contribution in [0.2, 0.25) is 0 Å². The highest BCUT2D eigenvalue weighted by Gasteiger charge is 2.28. The fourth-order valence-corrected chi connectivity index (χ4v) is 3.17. The number of nitrogens with zero attached hydrogens (tertiary/aromatic N) is 1. The van der Waals surface area contributed by atoms with Crippen molar-refractivity contribution < 1.29 is 19.4 Å². The number of phenols is 1. The maximum Gasteiger partial charge on any atom is 0.237 e. The van der Waals surface area contributed by atoms with Gasteiger partial charge in [-0.1, -0.05) is 30.3 Å². The molecule has 0 radical (unpaired) electrons. The van der Waals surface area contributed by atoms with Crippen molar-refractivity contribution >= 4 is 17.3 Å². The van der Waals surface area contributed by atoms with Crippen LogP contribution in [0, 0.1) is 18.7 Å². The summed E-state index contributed by atoms with van der Waals surface area (Å²) >= 11 is 0. The van der Waals surface area contributed by atoms with E-state index >= 15 is 0 Å². The van der Waals surface area contributed by atoms with Gasteiger partial charge in [-0.05, 0) is 66.9 Å². The SMILES string of the molecule is Cc1cccc(F)c1CC(CO)C(=O)N(c1ccccc1)c1ccc(O)cc1. The van der Waals surface area contributed by atoms with E-state index in [0.717, 1.165) is 5.56 Å². The van der Waals surface area contributed by atoms with Crippen LogP contribution in [0.15, 0.2) is 72.8 Å². The lowest BCUT2D eigenvalue weighted by atomic mass is 9.94. The number of halogens is 1. The van der Waals surface area contributed by atoms with Crippen LogP contribution in [0.5, 0.6) is 5.75 Å². The van der Waals surface area contributed by atoms with Gasteiger partial charge in [-0.15, -0.1) is 0 Å². The molecule has 1 atom stereocenters. The number of aliphatic hydroxyl groups excluding tert-OH is 1. The molecule has 0 fully saturated rings. The highest BCUT2D eigenvalue weighted by molar-refractivity contribution is 6.02. The van der Waals surface area contributed by atoms with Crippen molar-refractivity contribution in [1.82, 2.24) is 0 Å². The Morgan fingerprint density at radius 2 is 1.61 bits per heavy atom. The summed E-state index contributed by atoms with van der Waals surface area (Å²) in [5.41, 5.74) is 2.34. The van der Waals surface area contributed by atoms with Crippen molar-refractivity contribution in [1.29, 1.82) is 0 Å². The minimum atomic E-state index is -0.815. The monoisotopic (exact) mass is 379 g/mol. The smallest absolute Gasteiger partial charge is 0.237 e. The molecule has 1 amide bonds. The molecule has 2 N–H and O–H groups in total. The molecule has 0 spiro atoms. The number of amides is 1. The molecule has 5 heteroatoms. The Hall–Kier alpha value is -3.18. The Balaban J connectivity index is 1.98. The van der Waals surface area contributed by atoms with Crippen molar-refractivity contribution in [3.63, 3.8) is 0 Å². The zero-order valence-corrected chi connectivity index (χ0v) is 15.5. The number of carbonyl (C=O) groups is 1. The molecule has 3 aromatic rings. The molecule has 144 valence electrons. The van der Waals surface area contributed by atoms with E-state index in [1.54, 1.807) is 43.3 Å². The second-order valence-corrected chi connectivity index (χ2v) is 6.64. The van der Waals surface area contributed by atoms with Crippen LogP contribution in [-0.4, -0.2) is 22.7 Å². The Morgan fingerprint density at radius 1 is 0.964 bits per heavy atom. The van der Waals surface area contributed by atoms with Crippen LogP contribution >= 0.6 is 0 Å². The number of aryl methyl sites for hydroxylation is 1. The summed E-state index contributed by atoms with van der Waals surface area (Å²) in [7, 11) is 0. The van der Waals surface area contributed by atoms with Gasteiger partial charge in [-0.2, -0.15) is 0 Å². The molecule has 3 aromatic carbocycles. The lowest BCUT2D eigenvalue weighted by molar-refractivity contribution is -0.122. The van der Waals surface area contributed by atoms with Gasteiger partial charge in [0, 0.05) is 11.4 Å². The number of phenolic OH excluding ortho intramolecular Hbond substituents is 1. The summed E-state index contributed by atoms with van der Waals surface area (Å²) < 4.78 is 14.3. The average Bonchev–Trinajstić information content (AvgIpc) is 2.70. The molecule has 0 bridgehead atoms. The normalized spacial score (nSPS) is 11.8. The zero-order valence-electron chi connectivity index (χ0n) is 15.5. The van der Waals surface area contributed by atoms with Crippen LogP contribution < -0.4 is 4.90 Å². The summed E-state index contributed by atoms with van der Waals surface area (Å²) in [6, 6.07) is 20.0. The average molecular weight is 379 g/mol. The minimum Gasteiger partial charge on any atom is -0.508 e. The second kappa shape index (κ2) is 8.67. The van der Waals surface area contributed by atoms with Crippen molar-refractivity contribution in [3.05, 3.63) is 89.7 Å². The van der Waals surface area contributed by atoms with Gasteiger partial charge in [0.2, 0.25) is 5.91 Å². The number of hydrogen-bond acceptors (Lipinski definition) is 3. The van der Waals surface area contributed by atoms with Gasteiger partial charge in [-0.3, -0.25) is 9.69 Å². The number of anilines is 2. The highest BCUT2D eigenvalue weighted by atomic mass is 19.1. The number of rotatable bonds is 6. The third kappa shape index (κ3) is 4.21. The van der Waals surface area contributed by atoms with E-state index in [-0.39, 0.29) is 23.9 Å². The molecule has 0 aromatic heterocycles. The summed E-state index contributed by atoms with van der Waals surface area (Å²) in [5.74, 6) is -1.46. The van der Waals surface area contributed by atoms with Crippen LogP contribution in [0.4, 0.5) is 15.8 Å². The van der Waals surface area contributed by atoms with Gasteiger partial charge in [-0.25, -0.2) is 4.39 Å². The molecule has 1 unspecified atom stereocenters. The standard InChI is InChI=1S/C23H22FNO3/c1-16-6-5-9-22(24)21(16)14-17(15-26)23(28)25(18-7-3-2-4-8-18)19-10-12-20(27)13-11-19/h2-13,17,26-27H,14-15H2,1H3.